The Kier molecular flexibility index (Phi) is 36.0. The van der Waals surface area contributed by atoms with Crippen molar-refractivity contribution in [2.45, 2.75) is 187 Å². The zero-order valence-corrected chi connectivity index (χ0v) is 35.0. The molecule has 3 N–H and O–H groups in total. The highest BCUT2D eigenvalue weighted by Crippen LogP contribution is 2.36. The van der Waals surface area contributed by atoms with Crippen LogP contribution in [0.3, 0.4) is 0 Å². The SMILES string of the molecule is CC/C=C\C(O)C/C=C/C=C\C/C=C\C/C=C\CCCC(=O)O[C@H](COC(=O)CCCCCCCCCCCCCCCCCC(C)C)COP(=O)(O)O. The maximum absolute atomic E-state index is 12.4. The molecule has 54 heavy (non-hydrogen) atoms. The zero-order valence-electron chi connectivity index (χ0n) is 34.1. The summed E-state index contributed by atoms with van der Waals surface area (Å²) in [6.45, 7) is 5.75. The van der Waals surface area contributed by atoms with Gasteiger partial charge in [0.1, 0.15) is 6.61 Å². The number of hydrogen-bond acceptors (Lipinski definition) is 7. The lowest BCUT2D eigenvalue weighted by Crippen LogP contribution is -2.29. The van der Waals surface area contributed by atoms with Crippen molar-refractivity contribution in [3.05, 3.63) is 60.8 Å². The molecule has 0 aliphatic rings. The number of aliphatic hydroxyl groups excluding tert-OH is 1. The highest BCUT2D eigenvalue weighted by molar-refractivity contribution is 7.46. The monoisotopic (exact) mass is 781 g/mol. The first kappa shape index (κ1) is 51.7. The fourth-order valence-electron chi connectivity index (χ4n) is 5.67. The maximum atomic E-state index is 12.4. The standard InChI is InChI=1S/C44H77O9P/c1-4-5-34-41(45)35-30-26-22-18-14-11-12-16-20-24-28-32-37-44(47)53-42(39-52-54(48,49)50)38-51-43(46)36-31-27-23-19-15-10-8-6-7-9-13-17-21-25-29-33-40(2)3/h5,11-12,18,20,22,24,26,30,34,40-42,45H,4,6-10,13-17,19,21,23,25,27-29,31-33,35-39H2,1-3H3,(H2,48,49,50)/b12-11-,22-18-,24-20-,30-26+,34-5-/t41?,42-/m1/s1. The number of phosphoric acid groups is 1. The summed E-state index contributed by atoms with van der Waals surface area (Å²) in [5.41, 5.74) is 0. The normalized spacial score (nSPS) is 13.8. The number of carbonyl (C=O) groups is 2. The fraction of sp³-hybridized carbons (Fsp3) is 0.727. The molecular formula is C44H77O9P. The van der Waals surface area contributed by atoms with E-state index in [9.17, 15) is 19.3 Å². The van der Waals surface area contributed by atoms with Crippen LogP contribution >= 0.6 is 7.82 Å². The highest BCUT2D eigenvalue weighted by Gasteiger charge is 2.22. The third-order valence-electron chi connectivity index (χ3n) is 8.80. The molecule has 0 aromatic heterocycles. The van der Waals surface area contributed by atoms with Crippen LogP contribution < -0.4 is 0 Å². The number of allylic oxidation sites excluding steroid dienone is 8. The molecule has 0 heterocycles. The van der Waals surface area contributed by atoms with E-state index in [0.29, 0.717) is 25.7 Å². The van der Waals surface area contributed by atoms with E-state index in [1.165, 1.54) is 77.0 Å². The number of phosphoric ester groups is 1. The minimum atomic E-state index is -4.78. The van der Waals surface area contributed by atoms with Gasteiger partial charge in [-0.3, -0.25) is 14.1 Å². The predicted molar refractivity (Wildman–Crippen MR) is 222 cm³/mol. The van der Waals surface area contributed by atoms with E-state index >= 15 is 0 Å². The van der Waals surface area contributed by atoms with Crippen LogP contribution in [0.2, 0.25) is 0 Å². The van der Waals surface area contributed by atoms with Crippen molar-refractivity contribution in [1.29, 1.82) is 0 Å². The molecule has 312 valence electrons. The Morgan fingerprint density at radius 2 is 1.15 bits per heavy atom. The average Bonchev–Trinajstić information content (AvgIpc) is 3.12. The van der Waals surface area contributed by atoms with Gasteiger partial charge in [-0.05, 0) is 50.9 Å². The third kappa shape index (κ3) is 40.9. The molecule has 10 heteroatoms. The highest BCUT2D eigenvalue weighted by atomic mass is 31.2. The minimum absolute atomic E-state index is 0.115. The lowest BCUT2D eigenvalue weighted by atomic mass is 10.0. The van der Waals surface area contributed by atoms with Crippen LogP contribution in [-0.4, -0.2) is 52.3 Å². The van der Waals surface area contributed by atoms with Gasteiger partial charge in [0.25, 0.3) is 0 Å². The van der Waals surface area contributed by atoms with Gasteiger partial charge in [0, 0.05) is 12.8 Å². The van der Waals surface area contributed by atoms with Crippen LogP contribution in [0.5, 0.6) is 0 Å². The molecule has 9 nitrogen and oxygen atoms in total. The van der Waals surface area contributed by atoms with Gasteiger partial charge in [0.15, 0.2) is 6.10 Å². The Morgan fingerprint density at radius 3 is 1.72 bits per heavy atom. The van der Waals surface area contributed by atoms with Crippen molar-refractivity contribution >= 4 is 19.8 Å². The number of hydrogen-bond donors (Lipinski definition) is 3. The van der Waals surface area contributed by atoms with Crippen molar-refractivity contribution in [3.8, 4) is 0 Å². The minimum Gasteiger partial charge on any atom is -0.462 e. The second kappa shape index (κ2) is 37.6. The number of aliphatic hydroxyl groups is 1. The van der Waals surface area contributed by atoms with E-state index in [2.05, 4.69) is 30.5 Å². The van der Waals surface area contributed by atoms with Gasteiger partial charge in [-0.15, -0.1) is 0 Å². The Bertz CT molecular complexity index is 1090. The quantitative estimate of drug-likeness (QED) is 0.0185. The van der Waals surface area contributed by atoms with E-state index in [-0.39, 0.29) is 19.4 Å². The molecule has 1 unspecified atom stereocenters. The molecule has 0 aromatic carbocycles. The maximum Gasteiger partial charge on any atom is 0.469 e. The van der Waals surface area contributed by atoms with Gasteiger partial charge < -0.3 is 24.4 Å². The average molecular weight is 781 g/mol. The summed E-state index contributed by atoms with van der Waals surface area (Å²) in [6, 6.07) is 0. The molecule has 0 bridgehead atoms. The summed E-state index contributed by atoms with van der Waals surface area (Å²) in [5.74, 6) is -0.145. The van der Waals surface area contributed by atoms with Gasteiger partial charge in [0.05, 0.1) is 12.7 Å². The molecule has 0 aromatic rings. The van der Waals surface area contributed by atoms with Gasteiger partial charge in [-0.2, -0.15) is 0 Å². The van der Waals surface area contributed by atoms with E-state index in [1.54, 1.807) is 0 Å². The first-order chi connectivity index (χ1) is 26.0. The van der Waals surface area contributed by atoms with Crippen molar-refractivity contribution in [1.82, 2.24) is 0 Å². The first-order valence-electron chi connectivity index (χ1n) is 21.0. The van der Waals surface area contributed by atoms with Crippen molar-refractivity contribution < 1.29 is 43.0 Å². The second-order valence-corrected chi connectivity index (χ2v) is 15.9. The molecule has 0 spiro atoms. The summed E-state index contributed by atoms with van der Waals surface area (Å²) in [4.78, 5) is 42.8. The molecule has 0 aliphatic heterocycles. The number of carbonyl (C=O) groups excluding carboxylic acids is 2. The van der Waals surface area contributed by atoms with Crippen LogP contribution in [0.1, 0.15) is 175 Å². The second-order valence-electron chi connectivity index (χ2n) is 14.6. The predicted octanol–water partition coefficient (Wildman–Crippen LogP) is 11.7. The molecular weight excluding hydrogens is 703 g/mol. The topological polar surface area (TPSA) is 140 Å². The van der Waals surface area contributed by atoms with Gasteiger partial charge in [-0.25, -0.2) is 4.57 Å². The van der Waals surface area contributed by atoms with Crippen molar-refractivity contribution in [2.75, 3.05) is 13.2 Å². The zero-order chi connectivity index (χ0) is 40.0. The molecule has 0 saturated heterocycles. The Hall–Kier alpha value is -2.29. The summed E-state index contributed by atoms with van der Waals surface area (Å²) in [5, 5.41) is 9.74. The Labute approximate surface area is 329 Å². The summed E-state index contributed by atoms with van der Waals surface area (Å²) < 4.78 is 26.3. The van der Waals surface area contributed by atoms with E-state index in [0.717, 1.165) is 44.4 Å². The van der Waals surface area contributed by atoms with Crippen molar-refractivity contribution in [3.63, 3.8) is 0 Å². The fourth-order valence-corrected chi connectivity index (χ4v) is 6.03. The molecule has 0 rings (SSSR count). The number of esters is 2. The van der Waals surface area contributed by atoms with E-state index < -0.39 is 38.6 Å². The number of ether oxygens (including phenoxy) is 2. The Morgan fingerprint density at radius 1 is 0.630 bits per heavy atom. The van der Waals surface area contributed by atoms with Crippen molar-refractivity contribution in [2.24, 2.45) is 5.92 Å². The first-order valence-corrected chi connectivity index (χ1v) is 22.6. The van der Waals surface area contributed by atoms with Gasteiger partial charge >= 0.3 is 19.8 Å². The lowest BCUT2D eigenvalue weighted by molar-refractivity contribution is -0.161. The van der Waals surface area contributed by atoms with E-state index in [4.69, 9.17) is 19.3 Å². The molecule has 0 aliphatic carbocycles. The number of rotatable bonds is 37. The Balaban J connectivity index is 4.03. The van der Waals surface area contributed by atoms with Gasteiger partial charge in [-0.1, -0.05) is 178 Å². The van der Waals surface area contributed by atoms with Crippen LogP contribution in [0.25, 0.3) is 0 Å². The summed E-state index contributed by atoms with van der Waals surface area (Å²) in [7, 11) is -4.78. The largest absolute Gasteiger partial charge is 0.469 e. The van der Waals surface area contributed by atoms with Crippen LogP contribution in [0.15, 0.2) is 60.8 Å². The molecule has 2 atom stereocenters. The molecule has 0 saturated carbocycles. The van der Waals surface area contributed by atoms with Crippen LogP contribution in [-0.2, 0) is 28.2 Å². The summed E-state index contributed by atoms with van der Waals surface area (Å²) in [6.07, 6.45) is 42.9. The van der Waals surface area contributed by atoms with Gasteiger partial charge in [0.2, 0.25) is 0 Å². The number of unbranched alkanes of at least 4 members (excludes halogenated alkanes) is 15. The lowest BCUT2D eigenvalue weighted by Gasteiger charge is -2.18. The van der Waals surface area contributed by atoms with Crippen LogP contribution in [0, 0.1) is 5.92 Å². The molecule has 0 amide bonds. The summed E-state index contributed by atoms with van der Waals surface area (Å²) >= 11 is 0. The van der Waals surface area contributed by atoms with E-state index in [1.807, 2.05) is 55.5 Å². The molecule has 0 fully saturated rings. The smallest absolute Gasteiger partial charge is 0.462 e. The third-order valence-corrected chi connectivity index (χ3v) is 9.29. The molecule has 0 radical (unpaired) electrons. The van der Waals surface area contributed by atoms with Crippen LogP contribution in [0.4, 0.5) is 0 Å².